The van der Waals surface area contributed by atoms with Crippen LogP contribution in [0, 0.1) is 0 Å². The molecule has 1 aromatic carbocycles. The number of benzene rings is 1. The van der Waals surface area contributed by atoms with Crippen LogP contribution in [0.2, 0.25) is 0 Å². The summed E-state index contributed by atoms with van der Waals surface area (Å²) in [5, 5.41) is 5.24. The Morgan fingerprint density at radius 3 is 2.48 bits per heavy atom. The van der Waals surface area contributed by atoms with Gasteiger partial charge in [-0.3, -0.25) is 9.69 Å². The average molecular weight is 359 g/mol. The minimum absolute atomic E-state index is 0.0287. The standard InChI is InChI=1S/C20H26N2O2S/c1-24-17-10-8-16(9-11-17)20(23)21-15-18(19-7-6-14-25-19)22-12-4-2-3-5-13-22/h6-11,14,18H,2-5,12-13,15H2,1H3,(H,21,23). The van der Waals surface area contributed by atoms with Gasteiger partial charge < -0.3 is 10.1 Å². The Bertz CT molecular complexity index is 647. The third-order valence-corrected chi connectivity index (χ3v) is 5.73. The van der Waals surface area contributed by atoms with Crippen molar-refractivity contribution in [3.8, 4) is 5.75 Å². The summed E-state index contributed by atoms with van der Waals surface area (Å²) >= 11 is 1.77. The molecule has 1 aromatic heterocycles. The Morgan fingerprint density at radius 2 is 1.88 bits per heavy atom. The fraction of sp³-hybridized carbons (Fsp3) is 0.450. The van der Waals surface area contributed by atoms with Gasteiger partial charge in [-0.15, -0.1) is 11.3 Å². The normalized spacial score (nSPS) is 16.8. The fourth-order valence-electron chi connectivity index (χ4n) is 3.33. The van der Waals surface area contributed by atoms with Gasteiger partial charge >= 0.3 is 0 Å². The SMILES string of the molecule is COc1ccc(C(=O)NCC(c2cccs2)N2CCCCCC2)cc1. The zero-order valence-corrected chi connectivity index (χ0v) is 15.6. The van der Waals surface area contributed by atoms with Gasteiger partial charge in [-0.25, -0.2) is 0 Å². The predicted molar refractivity (Wildman–Crippen MR) is 102 cm³/mol. The highest BCUT2D eigenvalue weighted by atomic mass is 32.1. The van der Waals surface area contributed by atoms with Crippen molar-refractivity contribution in [2.45, 2.75) is 31.7 Å². The number of carbonyl (C=O) groups is 1. The Morgan fingerprint density at radius 1 is 1.16 bits per heavy atom. The van der Waals surface area contributed by atoms with Crippen LogP contribution in [0.5, 0.6) is 5.75 Å². The van der Waals surface area contributed by atoms with Gasteiger partial charge in [0, 0.05) is 17.0 Å². The topological polar surface area (TPSA) is 41.6 Å². The molecule has 1 saturated heterocycles. The Hall–Kier alpha value is -1.85. The summed E-state index contributed by atoms with van der Waals surface area (Å²) in [6, 6.07) is 11.8. The lowest BCUT2D eigenvalue weighted by atomic mass is 10.1. The number of methoxy groups -OCH3 is 1. The molecule has 5 heteroatoms. The maximum absolute atomic E-state index is 12.5. The first kappa shape index (κ1) is 18.0. The van der Waals surface area contributed by atoms with E-state index < -0.39 is 0 Å². The van der Waals surface area contributed by atoms with Crippen LogP contribution in [0.1, 0.15) is 47.0 Å². The van der Waals surface area contributed by atoms with Crippen LogP contribution in [0.4, 0.5) is 0 Å². The van der Waals surface area contributed by atoms with Gasteiger partial charge in [0.15, 0.2) is 0 Å². The van der Waals surface area contributed by atoms with Crippen LogP contribution in [0.15, 0.2) is 41.8 Å². The largest absolute Gasteiger partial charge is 0.497 e. The summed E-state index contributed by atoms with van der Waals surface area (Å²) < 4.78 is 5.15. The van der Waals surface area contributed by atoms with Crippen molar-refractivity contribution in [1.29, 1.82) is 0 Å². The van der Waals surface area contributed by atoms with Crippen molar-refractivity contribution in [2.24, 2.45) is 0 Å². The second-order valence-corrected chi connectivity index (χ2v) is 7.40. The van der Waals surface area contributed by atoms with E-state index in [0.29, 0.717) is 12.1 Å². The quantitative estimate of drug-likeness (QED) is 0.845. The monoisotopic (exact) mass is 358 g/mol. The molecule has 25 heavy (non-hydrogen) atoms. The van der Waals surface area contributed by atoms with Crippen molar-refractivity contribution in [3.05, 3.63) is 52.2 Å². The highest BCUT2D eigenvalue weighted by molar-refractivity contribution is 7.10. The lowest BCUT2D eigenvalue weighted by Gasteiger charge is -2.30. The predicted octanol–water partition coefficient (Wildman–Crippen LogP) is 4.10. The molecule has 2 aromatic rings. The van der Waals surface area contributed by atoms with E-state index in [2.05, 4.69) is 27.7 Å². The van der Waals surface area contributed by atoms with Crippen LogP contribution in [-0.2, 0) is 0 Å². The molecule has 1 aliphatic rings. The highest BCUT2D eigenvalue weighted by Gasteiger charge is 2.23. The van der Waals surface area contributed by atoms with E-state index >= 15 is 0 Å². The summed E-state index contributed by atoms with van der Waals surface area (Å²) in [6.45, 7) is 2.87. The first-order valence-corrected chi connectivity index (χ1v) is 9.85. The third kappa shape index (κ3) is 4.83. The Kier molecular flexibility index (Phi) is 6.48. The van der Waals surface area contributed by atoms with E-state index in [9.17, 15) is 4.79 Å². The average Bonchev–Trinajstić information content (AvgIpc) is 3.05. The van der Waals surface area contributed by atoms with Crippen LogP contribution in [0.25, 0.3) is 0 Å². The van der Waals surface area contributed by atoms with Gasteiger partial charge in [0.05, 0.1) is 13.2 Å². The molecule has 0 saturated carbocycles. The summed E-state index contributed by atoms with van der Waals surface area (Å²) in [6.07, 6.45) is 5.11. The van der Waals surface area contributed by atoms with E-state index in [4.69, 9.17) is 4.74 Å². The van der Waals surface area contributed by atoms with Crippen LogP contribution in [-0.4, -0.2) is 37.6 Å². The molecule has 0 aliphatic carbocycles. The number of hydrogen-bond donors (Lipinski definition) is 1. The van der Waals surface area contributed by atoms with Crippen molar-refractivity contribution in [2.75, 3.05) is 26.7 Å². The maximum atomic E-state index is 12.5. The molecule has 4 nitrogen and oxygen atoms in total. The molecule has 1 atom stereocenters. The molecule has 0 radical (unpaired) electrons. The molecule has 134 valence electrons. The van der Waals surface area contributed by atoms with E-state index in [1.54, 1.807) is 30.6 Å². The number of hydrogen-bond acceptors (Lipinski definition) is 4. The zero-order chi connectivity index (χ0) is 17.5. The van der Waals surface area contributed by atoms with Crippen LogP contribution < -0.4 is 10.1 Å². The van der Waals surface area contributed by atoms with E-state index in [1.165, 1.54) is 30.6 Å². The van der Waals surface area contributed by atoms with Crippen molar-refractivity contribution in [3.63, 3.8) is 0 Å². The number of ether oxygens (including phenoxy) is 1. The molecular formula is C20H26N2O2S. The minimum atomic E-state index is -0.0287. The lowest BCUT2D eigenvalue weighted by molar-refractivity contribution is 0.0934. The first-order chi connectivity index (χ1) is 12.3. The van der Waals surface area contributed by atoms with Crippen molar-refractivity contribution >= 4 is 17.2 Å². The van der Waals surface area contributed by atoms with E-state index in [1.807, 2.05) is 12.1 Å². The Balaban J connectivity index is 1.66. The second-order valence-electron chi connectivity index (χ2n) is 6.42. The van der Waals surface area contributed by atoms with Gasteiger partial charge in [0.1, 0.15) is 5.75 Å². The number of carbonyl (C=O) groups excluding carboxylic acids is 1. The van der Waals surface area contributed by atoms with Gasteiger partial charge in [0.25, 0.3) is 5.91 Å². The molecule has 2 heterocycles. The van der Waals surface area contributed by atoms with Gasteiger partial charge in [-0.05, 0) is 61.6 Å². The van der Waals surface area contributed by atoms with E-state index in [-0.39, 0.29) is 11.9 Å². The Labute approximate surface area is 153 Å². The molecule has 3 rings (SSSR count). The molecule has 1 aliphatic heterocycles. The summed E-state index contributed by atoms with van der Waals surface area (Å²) in [5.41, 5.74) is 0.668. The molecule has 0 bridgehead atoms. The molecule has 1 fully saturated rings. The van der Waals surface area contributed by atoms with Crippen LogP contribution in [0.3, 0.4) is 0 Å². The van der Waals surface area contributed by atoms with Gasteiger partial charge in [-0.2, -0.15) is 0 Å². The zero-order valence-electron chi connectivity index (χ0n) is 14.7. The number of rotatable bonds is 6. The molecule has 1 amide bonds. The van der Waals surface area contributed by atoms with Crippen LogP contribution >= 0.6 is 11.3 Å². The van der Waals surface area contributed by atoms with E-state index in [0.717, 1.165) is 18.8 Å². The maximum Gasteiger partial charge on any atom is 0.251 e. The summed E-state index contributed by atoms with van der Waals surface area (Å²) in [4.78, 5) is 16.4. The number of nitrogens with zero attached hydrogens (tertiary/aromatic N) is 1. The van der Waals surface area contributed by atoms with Crippen molar-refractivity contribution in [1.82, 2.24) is 10.2 Å². The lowest BCUT2D eigenvalue weighted by Crippen LogP contribution is -2.38. The van der Waals surface area contributed by atoms with Crippen molar-refractivity contribution < 1.29 is 9.53 Å². The molecule has 0 spiro atoms. The first-order valence-electron chi connectivity index (χ1n) is 8.97. The number of thiophene rings is 1. The highest BCUT2D eigenvalue weighted by Crippen LogP contribution is 2.27. The second kappa shape index (κ2) is 9.02. The molecule has 1 N–H and O–H groups in total. The van der Waals surface area contributed by atoms with Gasteiger partial charge in [0.2, 0.25) is 0 Å². The minimum Gasteiger partial charge on any atom is -0.497 e. The third-order valence-electron chi connectivity index (χ3n) is 4.76. The molecule has 1 unspecified atom stereocenters. The van der Waals surface area contributed by atoms with Gasteiger partial charge in [-0.1, -0.05) is 18.9 Å². The summed E-state index contributed by atoms with van der Waals surface area (Å²) in [5.74, 6) is 0.733. The smallest absolute Gasteiger partial charge is 0.251 e. The number of nitrogens with one attached hydrogen (secondary N) is 1. The number of likely N-dealkylation sites (tertiary alicyclic amines) is 1. The fourth-order valence-corrected chi connectivity index (χ4v) is 4.19. The molecular weight excluding hydrogens is 332 g/mol. The number of amides is 1. The summed E-state index contributed by atoms with van der Waals surface area (Å²) in [7, 11) is 1.63.